The van der Waals surface area contributed by atoms with E-state index in [9.17, 15) is 0 Å². The molecule has 0 aliphatic heterocycles. The van der Waals surface area contributed by atoms with E-state index in [0.29, 0.717) is 0 Å². The van der Waals surface area contributed by atoms with E-state index >= 15 is 0 Å². The Labute approximate surface area is 103 Å². The molecule has 0 radical (unpaired) electrons. The zero-order chi connectivity index (χ0) is 13.6. The molecule has 0 atom stereocenters. The molecule has 0 N–H and O–H groups in total. The second-order valence-corrected chi connectivity index (χ2v) is 2.40. The quantitative estimate of drug-likeness (QED) is 0.623. The van der Waals surface area contributed by atoms with Crippen LogP contribution >= 0.6 is 0 Å². The van der Waals surface area contributed by atoms with Crippen LogP contribution in [0.3, 0.4) is 0 Å². The summed E-state index contributed by atoms with van der Waals surface area (Å²) in [5.74, 6) is 0.972. The summed E-state index contributed by atoms with van der Waals surface area (Å²) in [6.07, 6.45) is 0. The van der Waals surface area contributed by atoms with Gasteiger partial charge in [0.15, 0.2) is 0 Å². The van der Waals surface area contributed by atoms with Crippen LogP contribution in [0.15, 0.2) is 18.2 Å². The van der Waals surface area contributed by atoms with Gasteiger partial charge in [-0.15, -0.1) is 0 Å². The lowest BCUT2D eigenvalue weighted by Crippen LogP contribution is -1.88. The molecule has 0 saturated heterocycles. The topological polar surface area (TPSA) is 9.23 Å². The maximum atomic E-state index is 5.13. The minimum absolute atomic E-state index is 0.972. The highest BCUT2D eigenvalue weighted by molar-refractivity contribution is 5.37. The normalized spacial score (nSPS) is 7.06. The van der Waals surface area contributed by atoms with Crippen LogP contribution in [-0.4, -0.2) is 7.11 Å². The van der Waals surface area contributed by atoms with Crippen molar-refractivity contribution in [3.8, 4) is 5.75 Å². The van der Waals surface area contributed by atoms with E-state index in [0.717, 1.165) is 5.75 Å². The van der Waals surface area contributed by atoms with Crippen LogP contribution in [0.25, 0.3) is 0 Å². The van der Waals surface area contributed by atoms with E-state index in [4.69, 9.17) is 4.74 Å². The second-order valence-electron chi connectivity index (χ2n) is 2.40. The third kappa shape index (κ3) is 8.34. The summed E-state index contributed by atoms with van der Waals surface area (Å²) in [6.45, 7) is 16.1. The first-order chi connectivity index (χ1) is 7.75. The molecule has 1 rings (SSSR count). The molecule has 0 aliphatic rings. The Morgan fingerprint density at radius 1 is 0.812 bits per heavy atom. The molecule has 0 amide bonds. The Balaban J connectivity index is -0.000000245. The number of hydrogen-bond donors (Lipinski definition) is 0. The van der Waals surface area contributed by atoms with Crippen LogP contribution in [0.4, 0.5) is 0 Å². The highest BCUT2D eigenvalue weighted by atomic mass is 16.5. The Bertz CT molecular complexity index is 229. The summed E-state index contributed by atoms with van der Waals surface area (Å²) in [4.78, 5) is 0. The molecule has 0 fully saturated rings. The van der Waals surface area contributed by atoms with Crippen molar-refractivity contribution >= 4 is 0 Å². The van der Waals surface area contributed by atoms with Crippen molar-refractivity contribution < 1.29 is 4.74 Å². The number of benzene rings is 1. The van der Waals surface area contributed by atoms with Crippen LogP contribution in [0, 0.1) is 13.8 Å². The molecule has 0 heterocycles. The molecule has 1 aromatic rings. The summed E-state index contributed by atoms with van der Waals surface area (Å²) in [5.41, 5.74) is 2.50. The van der Waals surface area contributed by atoms with Crippen LogP contribution in [0.2, 0.25) is 0 Å². The first kappa shape index (κ1) is 20.4. The molecule has 96 valence electrons. The predicted octanol–water partition coefficient (Wildman–Crippen LogP) is 5.39. The van der Waals surface area contributed by atoms with Gasteiger partial charge in [-0.2, -0.15) is 0 Å². The lowest BCUT2D eigenvalue weighted by Gasteiger charge is -2.05. The minimum Gasteiger partial charge on any atom is -0.496 e. The molecule has 0 spiro atoms. The largest absolute Gasteiger partial charge is 0.496 e. The maximum absolute atomic E-state index is 5.13. The fourth-order valence-electron chi connectivity index (χ4n) is 0.945. The van der Waals surface area contributed by atoms with Crippen LogP contribution in [-0.2, 0) is 0 Å². The fraction of sp³-hybridized carbons (Fsp3) is 0.600. The lowest BCUT2D eigenvalue weighted by atomic mass is 10.1. The van der Waals surface area contributed by atoms with Gasteiger partial charge >= 0.3 is 0 Å². The summed E-state index contributed by atoms with van der Waals surface area (Å²) >= 11 is 0. The molecule has 0 aromatic heterocycles. The van der Waals surface area contributed by atoms with Gasteiger partial charge in [-0.25, -0.2) is 0 Å². The molecule has 16 heavy (non-hydrogen) atoms. The van der Waals surface area contributed by atoms with Crippen molar-refractivity contribution in [1.82, 2.24) is 0 Å². The molecule has 1 heteroatoms. The van der Waals surface area contributed by atoms with E-state index in [1.54, 1.807) is 7.11 Å². The van der Waals surface area contributed by atoms with Gasteiger partial charge in [0.05, 0.1) is 7.11 Å². The zero-order valence-corrected chi connectivity index (χ0v) is 12.6. The van der Waals surface area contributed by atoms with E-state index < -0.39 is 0 Å². The van der Waals surface area contributed by atoms with Crippen molar-refractivity contribution in [2.24, 2.45) is 0 Å². The van der Waals surface area contributed by atoms with Crippen molar-refractivity contribution in [3.05, 3.63) is 29.3 Å². The SMILES string of the molecule is CC.CC.CC.COc1cccc(C)c1C. The van der Waals surface area contributed by atoms with Gasteiger partial charge in [0.2, 0.25) is 0 Å². The highest BCUT2D eigenvalue weighted by Gasteiger charge is 1.97. The number of rotatable bonds is 1. The Hall–Kier alpha value is -0.980. The standard InChI is InChI=1S/C9H12O.3C2H6/c1-7-5-4-6-9(10-3)8(7)2;3*1-2/h4-6H,1-3H3;3*1-2H3. The third-order valence-electron chi connectivity index (χ3n) is 1.77. The molecule has 0 saturated carbocycles. The Kier molecular flexibility index (Phi) is 21.0. The highest BCUT2D eigenvalue weighted by Crippen LogP contribution is 2.19. The predicted molar refractivity (Wildman–Crippen MR) is 76.5 cm³/mol. The minimum atomic E-state index is 0.972. The average Bonchev–Trinajstić information content (AvgIpc) is 2.40. The average molecular weight is 226 g/mol. The van der Waals surface area contributed by atoms with Crippen molar-refractivity contribution in [1.29, 1.82) is 0 Å². The monoisotopic (exact) mass is 226 g/mol. The van der Waals surface area contributed by atoms with Crippen molar-refractivity contribution in [2.45, 2.75) is 55.4 Å². The Morgan fingerprint density at radius 3 is 1.56 bits per heavy atom. The lowest BCUT2D eigenvalue weighted by molar-refractivity contribution is 0.411. The second kappa shape index (κ2) is 16.4. The van der Waals surface area contributed by atoms with E-state index in [-0.39, 0.29) is 0 Å². The molecule has 0 unspecified atom stereocenters. The molecule has 0 bridgehead atoms. The van der Waals surface area contributed by atoms with E-state index in [2.05, 4.69) is 19.9 Å². The molecule has 1 nitrogen and oxygen atoms in total. The van der Waals surface area contributed by atoms with Gasteiger partial charge in [0.25, 0.3) is 0 Å². The molecular formula is C15H30O. The summed E-state index contributed by atoms with van der Waals surface area (Å²) in [6, 6.07) is 6.06. The zero-order valence-electron chi connectivity index (χ0n) is 12.6. The summed E-state index contributed by atoms with van der Waals surface area (Å²) in [5, 5.41) is 0. The van der Waals surface area contributed by atoms with Crippen LogP contribution < -0.4 is 4.74 Å². The van der Waals surface area contributed by atoms with Gasteiger partial charge in [-0.05, 0) is 31.0 Å². The first-order valence-corrected chi connectivity index (χ1v) is 6.36. The Morgan fingerprint density at radius 2 is 1.25 bits per heavy atom. The maximum Gasteiger partial charge on any atom is 0.122 e. The van der Waals surface area contributed by atoms with E-state index in [1.165, 1.54) is 11.1 Å². The molecular weight excluding hydrogens is 196 g/mol. The molecule has 0 aliphatic carbocycles. The third-order valence-corrected chi connectivity index (χ3v) is 1.77. The number of ether oxygens (including phenoxy) is 1. The van der Waals surface area contributed by atoms with Gasteiger partial charge < -0.3 is 4.74 Å². The number of hydrogen-bond acceptors (Lipinski definition) is 1. The number of aryl methyl sites for hydroxylation is 1. The first-order valence-electron chi connectivity index (χ1n) is 6.36. The van der Waals surface area contributed by atoms with Crippen LogP contribution in [0.1, 0.15) is 52.7 Å². The van der Waals surface area contributed by atoms with Crippen LogP contribution in [0.5, 0.6) is 5.75 Å². The smallest absolute Gasteiger partial charge is 0.122 e. The molecule has 1 aromatic carbocycles. The van der Waals surface area contributed by atoms with Gasteiger partial charge in [-0.1, -0.05) is 53.7 Å². The summed E-state index contributed by atoms with van der Waals surface area (Å²) in [7, 11) is 1.70. The van der Waals surface area contributed by atoms with E-state index in [1.807, 2.05) is 53.7 Å². The fourth-order valence-corrected chi connectivity index (χ4v) is 0.945. The van der Waals surface area contributed by atoms with Crippen molar-refractivity contribution in [2.75, 3.05) is 7.11 Å². The van der Waals surface area contributed by atoms with Gasteiger partial charge in [0, 0.05) is 0 Å². The van der Waals surface area contributed by atoms with Crippen molar-refractivity contribution in [3.63, 3.8) is 0 Å². The van der Waals surface area contributed by atoms with Gasteiger partial charge in [0.1, 0.15) is 5.75 Å². The van der Waals surface area contributed by atoms with Gasteiger partial charge in [-0.3, -0.25) is 0 Å². The summed E-state index contributed by atoms with van der Waals surface area (Å²) < 4.78 is 5.13. The number of methoxy groups -OCH3 is 1.